The molecule has 0 aliphatic heterocycles. The highest BCUT2D eigenvalue weighted by Crippen LogP contribution is 2.30. The van der Waals surface area contributed by atoms with Crippen LogP contribution >= 0.6 is 23.2 Å². The Morgan fingerprint density at radius 1 is 1.12 bits per heavy atom. The van der Waals surface area contributed by atoms with Gasteiger partial charge in [-0.05, 0) is 29.8 Å². The molecule has 2 rings (SSSR count). The number of aldehydes is 1. The van der Waals surface area contributed by atoms with Gasteiger partial charge in [0.15, 0.2) is 6.29 Å². The van der Waals surface area contributed by atoms with Gasteiger partial charge in [0, 0.05) is 27.4 Å². The fourth-order valence-electron chi connectivity index (χ4n) is 1.50. The predicted molar refractivity (Wildman–Crippen MR) is 69.5 cm³/mol. The molecule has 3 nitrogen and oxygen atoms in total. The number of nitrogens with two attached hydrogens (primary N) is 1. The molecule has 17 heavy (non-hydrogen) atoms. The topological polar surface area (TPSA) is 56.0 Å². The van der Waals surface area contributed by atoms with E-state index in [-0.39, 0.29) is 0 Å². The molecule has 0 unspecified atom stereocenters. The maximum absolute atomic E-state index is 10.7. The molecular weight excluding hydrogens is 259 g/mol. The molecule has 0 saturated carbocycles. The predicted octanol–water partition coefficient (Wildman–Crippen LogP) is 3.45. The Hall–Kier alpha value is -1.58. The Kier molecular flexibility index (Phi) is 3.31. The van der Waals surface area contributed by atoms with Crippen LogP contribution in [0.25, 0.3) is 11.1 Å². The van der Waals surface area contributed by atoms with Crippen LogP contribution in [0.5, 0.6) is 0 Å². The number of hydrogen-bond donors (Lipinski definition) is 1. The van der Waals surface area contributed by atoms with Gasteiger partial charge in [0.1, 0.15) is 5.82 Å². The summed E-state index contributed by atoms with van der Waals surface area (Å²) in [6.45, 7) is 0. The summed E-state index contributed by atoms with van der Waals surface area (Å²) in [7, 11) is 0. The molecule has 0 atom stereocenters. The normalized spacial score (nSPS) is 10.2. The molecule has 0 amide bonds. The summed E-state index contributed by atoms with van der Waals surface area (Å²) in [5.74, 6) is 0.328. The van der Waals surface area contributed by atoms with E-state index in [0.717, 1.165) is 5.56 Å². The van der Waals surface area contributed by atoms with Gasteiger partial charge in [-0.3, -0.25) is 4.79 Å². The minimum absolute atomic E-state index is 0.328. The fraction of sp³-hybridized carbons (Fsp3) is 0. The fourth-order valence-corrected chi connectivity index (χ4v) is 2.02. The molecule has 2 N–H and O–H groups in total. The molecule has 0 radical (unpaired) electrons. The van der Waals surface area contributed by atoms with Crippen LogP contribution in [0.2, 0.25) is 10.0 Å². The third kappa shape index (κ3) is 2.57. The molecule has 1 heterocycles. The molecule has 5 heteroatoms. The second-order valence-corrected chi connectivity index (χ2v) is 4.35. The van der Waals surface area contributed by atoms with Crippen molar-refractivity contribution in [3.05, 3.63) is 46.1 Å². The van der Waals surface area contributed by atoms with E-state index in [9.17, 15) is 4.79 Å². The van der Waals surface area contributed by atoms with Gasteiger partial charge < -0.3 is 5.73 Å². The number of rotatable bonds is 2. The summed E-state index contributed by atoms with van der Waals surface area (Å²) < 4.78 is 0. The van der Waals surface area contributed by atoms with Crippen molar-refractivity contribution in [2.24, 2.45) is 0 Å². The van der Waals surface area contributed by atoms with Gasteiger partial charge >= 0.3 is 0 Å². The summed E-state index contributed by atoms with van der Waals surface area (Å²) in [6.07, 6.45) is 2.13. The Bertz CT molecular complexity index is 564. The van der Waals surface area contributed by atoms with Crippen molar-refractivity contribution in [2.75, 3.05) is 5.73 Å². The van der Waals surface area contributed by atoms with E-state index in [1.165, 1.54) is 6.20 Å². The van der Waals surface area contributed by atoms with Crippen LogP contribution in [-0.4, -0.2) is 11.3 Å². The summed E-state index contributed by atoms with van der Waals surface area (Å²) >= 11 is 11.8. The highest BCUT2D eigenvalue weighted by Gasteiger charge is 2.07. The third-order valence-corrected chi connectivity index (χ3v) is 2.69. The van der Waals surface area contributed by atoms with Crippen LogP contribution in [-0.2, 0) is 0 Å². The average Bonchev–Trinajstić information content (AvgIpc) is 2.28. The number of carbonyl (C=O) groups excluding carboxylic acids is 1. The molecule has 0 aliphatic carbocycles. The van der Waals surface area contributed by atoms with Gasteiger partial charge in [-0.25, -0.2) is 4.98 Å². The van der Waals surface area contributed by atoms with Crippen molar-refractivity contribution in [1.82, 2.24) is 4.98 Å². The van der Waals surface area contributed by atoms with Crippen LogP contribution in [0.15, 0.2) is 30.5 Å². The highest BCUT2D eigenvalue weighted by atomic mass is 35.5. The van der Waals surface area contributed by atoms with E-state index >= 15 is 0 Å². The smallest absolute Gasteiger partial charge is 0.151 e. The van der Waals surface area contributed by atoms with E-state index in [1.807, 2.05) is 0 Å². The summed E-state index contributed by atoms with van der Waals surface area (Å²) in [5, 5.41) is 1.01. The lowest BCUT2D eigenvalue weighted by molar-refractivity contribution is 0.112. The van der Waals surface area contributed by atoms with E-state index in [4.69, 9.17) is 28.9 Å². The Morgan fingerprint density at radius 3 is 2.35 bits per heavy atom. The molecule has 86 valence electrons. The molecule has 0 saturated heterocycles. The lowest BCUT2D eigenvalue weighted by atomic mass is 10.1. The second kappa shape index (κ2) is 4.73. The van der Waals surface area contributed by atoms with Gasteiger partial charge in [-0.15, -0.1) is 0 Å². The molecule has 0 bridgehead atoms. The minimum Gasteiger partial charge on any atom is -0.383 e. The van der Waals surface area contributed by atoms with Crippen molar-refractivity contribution < 1.29 is 4.79 Å². The SMILES string of the molecule is Nc1ncc(C=O)cc1-c1cc(Cl)cc(Cl)c1. The van der Waals surface area contributed by atoms with Crippen molar-refractivity contribution in [3.63, 3.8) is 0 Å². The van der Waals surface area contributed by atoms with Crippen molar-refractivity contribution in [1.29, 1.82) is 0 Å². The average molecular weight is 267 g/mol. The van der Waals surface area contributed by atoms with Gasteiger partial charge in [0.2, 0.25) is 0 Å². The first-order valence-electron chi connectivity index (χ1n) is 4.77. The van der Waals surface area contributed by atoms with E-state index < -0.39 is 0 Å². The van der Waals surface area contributed by atoms with Crippen molar-refractivity contribution in [2.45, 2.75) is 0 Å². The number of nitrogens with zero attached hydrogens (tertiary/aromatic N) is 1. The first-order valence-corrected chi connectivity index (χ1v) is 5.53. The maximum Gasteiger partial charge on any atom is 0.151 e. The number of nitrogen functional groups attached to an aromatic ring is 1. The van der Waals surface area contributed by atoms with Crippen LogP contribution in [0.3, 0.4) is 0 Å². The largest absolute Gasteiger partial charge is 0.383 e. The number of pyridine rings is 1. The Morgan fingerprint density at radius 2 is 1.76 bits per heavy atom. The number of halogens is 2. The summed E-state index contributed by atoms with van der Waals surface area (Å²) in [5.41, 5.74) is 7.58. The number of anilines is 1. The zero-order valence-electron chi connectivity index (χ0n) is 8.65. The first-order chi connectivity index (χ1) is 8.10. The van der Waals surface area contributed by atoms with Crippen LogP contribution in [0, 0.1) is 0 Å². The Balaban J connectivity index is 2.62. The van der Waals surface area contributed by atoms with E-state index in [0.29, 0.717) is 33.3 Å². The van der Waals surface area contributed by atoms with Crippen LogP contribution in [0.4, 0.5) is 5.82 Å². The summed E-state index contributed by atoms with van der Waals surface area (Å²) in [6, 6.07) is 6.71. The zero-order valence-corrected chi connectivity index (χ0v) is 10.2. The first kappa shape index (κ1) is 11.9. The lowest BCUT2D eigenvalue weighted by Crippen LogP contribution is -1.96. The van der Waals surface area contributed by atoms with Gasteiger partial charge in [0.05, 0.1) is 0 Å². The number of benzene rings is 1. The highest BCUT2D eigenvalue weighted by molar-refractivity contribution is 6.35. The lowest BCUT2D eigenvalue weighted by Gasteiger charge is -2.06. The standard InChI is InChI=1S/C12H8Cl2N2O/c13-9-2-8(3-10(14)4-9)11-1-7(6-17)5-16-12(11)15/h1-6H,(H2,15,16). The van der Waals surface area contributed by atoms with Crippen LogP contribution < -0.4 is 5.73 Å². The van der Waals surface area contributed by atoms with Gasteiger partial charge in [-0.1, -0.05) is 23.2 Å². The number of hydrogen-bond acceptors (Lipinski definition) is 3. The number of carbonyl (C=O) groups is 1. The van der Waals surface area contributed by atoms with Crippen molar-refractivity contribution >= 4 is 35.3 Å². The molecular formula is C12H8Cl2N2O. The maximum atomic E-state index is 10.7. The number of aromatic nitrogens is 1. The van der Waals surface area contributed by atoms with Gasteiger partial charge in [0.25, 0.3) is 0 Å². The quantitative estimate of drug-likeness (QED) is 0.848. The molecule has 0 aliphatic rings. The van der Waals surface area contributed by atoms with E-state index in [2.05, 4.69) is 4.98 Å². The van der Waals surface area contributed by atoms with Crippen LogP contribution in [0.1, 0.15) is 10.4 Å². The molecule has 0 fully saturated rings. The third-order valence-electron chi connectivity index (χ3n) is 2.25. The molecule has 2 aromatic rings. The second-order valence-electron chi connectivity index (χ2n) is 3.48. The van der Waals surface area contributed by atoms with Crippen molar-refractivity contribution in [3.8, 4) is 11.1 Å². The molecule has 0 spiro atoms. The molecule has 1 aromatic carbocycles. The van der Waals surface area contributed by atoms with E-state index in [1.54, 1.807) is 24.3 Å². The molecule has 1 aromatic heterocycles. The Labute approximate surface area is 108 Å². The summed E-state index contributed by atoms with van der Waals surface area (Å²) in [4.78, 5) is 14.6. The zero-order chi connectivity index (χ0) is 12.4. The monoisotopic (exact) mass is 266 g/mol. The minimum atomic E-state index is 0.328. The van der Waals surface area contributed by atoms with Gasteiger partial charge in [-0.2, -0.15) is 0 Å².